The minimum Gasteiger partial charge on any atom is -0.336 e. The second kappa shape index (κ2) is 6.28. The van der Waals surface area contributed by atoms with Gasteiger partial charge in [0.15, 0.2) is 0 Å². The summed E-state index contributed by atoms with van der Waals surface area (Å²) < 4.78 is 0. The van der Waals surface area contributed by atoms with Crippen molar-refractivity contribution in [2.24, 2.45) is 0 Å². The molecule has 0 unspecified atom stereocenters. The Bertz CT molecular complexity index is 636. The van der Waals surface area contributed by atoms with Crippen LogP contribution in [0.4, 0.5) is 4.79 Å². The molecule has 2 heterocycles. The fraction of sp³-hybridized carbons (Fsp3) is 0.556. The van der Waals surface area contributed by atoms with Crippen molar-refractivity contribution in [3.05, 3.63) is 34.9 Å². The Kier molecular flexibility index (Phi) is 4.12. The predicted octanol–water partition coefficient (Wildman–Crippen LogP) is 2.60. The first-order valence-electron chi connectivity index (χ1n) is 8.70. The first-order chi connectivity index (χ1) is 11.6. The molecule has 0 spiro atoms. The van der Waals surface area contributed by atoms with Crippen molar-refractivity contribution < 1.29 is 9.59 Å². The molecule has 24 heavy (non-hydrogen) atoms. The second-order valence-corrected chi connectivity index (χ2v) is 7.55. The van der Waals surface area contributed by atoms with E-state index in [0.29, 0.717) is 25.4 Å². The number of urea groups is 1. The molecule has 3 amide bonds. The predicted molar refractivity (Wildman–Crippen MR) is 92.1 cm³/mol. The molecule has 3 fully saturated rings. The number of amides is 3. The van der Waals surface area contributed by atoms with Crippen molar-refractivity contribution in [3.63, 3.8) is 0 Å². The van der Waals surface area contributed by atoms with Gasteiger partial charge in [-0.1, -0.05) is 23.7 Å². The zero-order chi connectivity index (χ0) is 16.7. The lowest BCUT2D eigenvalue weighted by Crippen LogP contribution is -2.64. The lowest BCUT2D eigenvalue weighted by Gasteiger charge is -2.45. The summed E-state index contributed by atoms with van der Waals surface area (Å²) in [5.41, 5.74) is 1.29. The van der Waals surface area contributed by atoms with Gasteiger partial charge in [0.25, 0.3) is 0 Å². The van der Waals surface area contributed by atoms with Gasteiger partial charge in [0.1, 0.15) is 0 Å². The van der Waals surface area contributed by atoms with Crippen LogP contribution in [0.3, 0.4) is 0 Å². The Morgan fingerprint density at radius 2 is 1.88 bits per heavy atom. The third-order valence-corrected chi connectivity index (χ3v) is 5.76. The summed E-state index contributed by atoms with van der Waals surface area (Å²) >= 11 is 5.91. The van der Waals surface area contributed by atoms with E-state index in [1.807, 2.05) is 21.9 Å². The molecule has 2 saturated heterocycles. The standard InChI is InChI=1S/C18H22ClN3O2/c19-14-5-3-12(4-6-14)13-8-15(9-13)20-18(24)21-10-16(11-21)22-7-1-2-17(22)23/h3-6,13,15-16H,1-2,7-11H2,(H,20,24). The summed E-state index contributed by atoms with van der Waals surface area (Å²) in [5, 5.41) is 3.87. The molecule has 1 saturated carbocycles. The number of halogens is 1. The number of nitrogens with one attached hydrogen (secondary N) is 1. The molecular formula is C18H22ClN3O2. The number of benzene rings is 1. The Morgan fingerprint density at radius 1 is 1.17 bits per heavy atom. The van der Waals surface area contributed by atoms with Crippen LogP contribution in [-0.4, -0.2) is 53.5 Å². The topological polar surface area (TPSA) is 52.7 Å². The molecule has 1 aliphatic carbocycles. The van der Waals surface area contributed by atoms with E-state index in [1.165, 1.54) is 5.56 Å². The molecule has 0 bridgehead atoms. The van der Waals surface area contributed by atoms with E-state index < -0.39 is 0 Å². The van der Waals surface area contributed by atoms with E-state index in [1.54, 1.807) is 0 Å². The molecule has 1 aromatic rings. The van der Waals surface area contributed by atoms with Gasteiger partial charge < -0.3 is 15.1 Å². The van der Waals surface area contributed by atoms with Crippen LogP contribution in [0.1, 0.15) is 37.2 Å². The number of nitrogens with zero attached hydrogens (tertiary/aromatic N) is 2. The highest BCUT2D eigenvalue weighted by Crippen LogP contribution is 2.37. The van der Waals surface area contributed by atoms with Crippen molar-refractivity contribution in [2.75, 3.05) is 19.6 Å². The van der Waals surface area contributed by atoms with Crippen molar-refractivity contribution in [1.82, 2.24) is 15.1 Å². The van der Waals surface area contributed by atoms with E-state index in [4.69, 9.17) is 11.6 Å². The lowest BCUT2D eigenvalue weighted by molar-refractivity contribution is -0.132. The smallest absolute Gasteiger partial charge is 0.317 e. The van der Waals surface area contributed by atoms with Crippen LogP contribution in [0.5, 0.6) is 0 Å². The molecule has 1 aromatic carbocycles. The summed E-state index contributed by atoms with van der Waals surface area (Å²) in [6.07, 6.45) is 3.58. The van der Waals surface area contributed by atoms with Crippen LogP contribution in [0.15, 0.2) is 24.3 Å². The van der Waals surface area contributed by atoms with Gasteiger partial charge in [-0.05, 0) is 42.9 Å². The maximum absolute atomic E-state index is 12.3. The second-order valence-electron chi connectivity index (χ2n) is 7.12. The van der Waals surface area contributed by atoms with Gasteiger partial charge in [-0.15, -0.1) is 0 Å². The molecule has 4 rings (SSSR count). The zero-order valence-corrected chi connectivity index (χ0v) is 14.3. The number of likely N-dealkylation sites (tertiary alicyclic amines) is 2. The van der Waals surface area contributed by atoms with Gasteiger partial charge in [0.2, 0.25) is 5.91 Å². The fourth-order valence-corrected chi connectivity index (χ4v) is 4.01. The first-order valence-corrected chi connectivity index (χ1v) is 9.08. The summed E-state index contributed by atoms with van der Waals surface area (Å²) in [4.78, 5) is 27.7. The van der Waals surface area contributed by atoms with E-state index in [9.17, 15) is 9.59 Å². The Hall–Kier alpha value is -1.75. The van der Waals surface area contributed by atoms with Crippen LogP contribution in [0, 0.1) is 0 Å². The molecule has 3 aliphatic rings. The molecule has 1 N–H and O–H groups in total. The summed E-state index contributed by atoms with van der Waals surface area (Å²) in [5.74, 6) is 0.754. The highest BCUT2D eigenvalue weighted by Gasteiger charge is 2.40. The van der Waals surface area contributed by atoms with E-state index in [0.717, 1.165) is 30.8 Å². The fourth-order valence-electron chi connectivity index (χ4n) is 3.88. The highest BCUT2D eigenvalue weighted by molar-refractivity contribution is 6.30. The van der Waals surface area contributed by atoms with Gasteiger partial charge in [-0.25, -0.2) is 4.79 Å². The van der Waals surface area contributed by atoms with Crippen LogP contribution < -0.4 is 5.32 Å². The summed E-state index contributed by atoms with van der Waals surface area (Å²) in [6.45, 7) is 2.19. The van der Waals surface area contributed by atoms with E-state index >= 15 is 0 Å². The monoisotopic (exact) mass is 347 g/mol. The molecule has 2 aliphatic heterocycles. The average molecular weight is 348 g/mol. The van der Waals surface area contributed by atoms with Gasteiger partial charge in [0.05, 0.1) is 6.04 Å². The number of carbonyl (C=O) groups is 2. The number of hydrogen-bond acceptors (Lipinski definition) is 2. The minimum absolute atomic E-state index is 0.0115. The number of hydrogen-bond donors (Lipinski definition) is 1. The Labute approximate surface area is 146 Å². The molecule has 0 aromatic heterocycles. The normalized spacial score (nSPS) is 27.0. The lowest BCUT2D eigenvalue weighted by atomic mass is 9.76. The van der Waals surface area contributed by atoms with E-state index in [2.05, 4.69) is 17.4 Å². The van der Waals surface area contributed by atoms with Crippen molar-refractivity contribution in [3.8, 4) is 0 Å². The first kappa shape index (κ1) is 15.8. The van der Waals surface area contributed by atoms with Crippen LogP contribution >= 0.6 is 11.6 Å². The largest absolute Gasteiger partial charge is 0.336 e. The molecule has 5 nitrogen and oxygen atoms in total. The average Bonchev–Trinajstić information content (AvgIpc) is 2.88. The Morgan fingerprint density at radius 3 is 2.50 bits per heavy atom. The van der Waals surface area contributed by atoms with Crippen LogP contribution in [-0.2, 0) is 4.79 Å². The van der Waals surface area contributed by atoms with Crippen molar-refractivity contribution in [2.45, 2.75) is 43.7 Å². The Balaban J connectivity index is 1.20. The molecule has 6 heteroatoms. The zero-order valence-electron chi connectivity index (χ0n) is 13.6. The maximum atomic E-state index is 12.3. The maximum Gasteiger partial charge on any atom is 0.317 e. The summed E-state index contributed by atoms with van der Waals surface area (Å²) in [6, 6.07) is 8.47. The molecule has 128 valence electrons. The third kappa shape index (κ3) is 2.97. The van der Waals surface area contributed by atoms with Gasteiger partial charge in [-0.2, -0.15) is 0 Å². The highest BCUT2D eigenvalue weighted by atomic mass is 35.5. The molecule has 0 atom stereocenters. The SMILES string of the molecule is O=C(NC1CC(c2ccc(Cl)cc2)C1)N1CC(N2CCCC2=O)C1. The summed E-state index contributed by atoms with van der Waals surface area (Å²) in [7, 11) is 0. The molecule has 0 radical (unpaired) electrons. The minimum atomic E-state index is 0.0115. The van der Waals surface area contributed by atoms with Gasteiger partial charge in [-0.3, -0.25) is 4.79 Å². The molecular weight excluding hydrogens is 326 g/mol. The number of rotatable bonds is 3. The van der Waals surface area contributed by atoms with Crippen LogP contribution in [0.2, 0.25) is 5.02 Å². The third-order valence-electron chi connectivity index (χ3n) is 5.51. The number of carbonyl (C=O) groups excluding carboxylic acids is 2. The van der Waals surface area contributed by atoms with Gasteiger partial charge in [0, 0.05) is 37.1 Å². The van der Waals surface area contributed by atoms with Crippen LogP contribution in [0.25, 0.3) is 0 Å². The van der Waals surface area contributed by atoms with Crippen molar-refractivity contribution in [1.29, 1.82) is 0 Å². The van der Waals surface area contributed by atoms with Gasteiger partial charge >= 0.3 is 6.03 Å². The van der Waals surface area contributed by atoms with E-state index in [-0.39, 0.29) is 24.0 Å². The van der Waals surface area contributed by atoms with Crippen molar-refractivity contribution >= 4 is 23.5 Å². The quantitative estimate of drug-likeness (QED) is 0.913.